The van der Waals surface area contributed by atoms with Gasteiger partial charge in [0, 0.05) is 17.8 Å². The third-order valence-corrected chi connectivity index (χ3v) is 7.82. The van der Waals surface area contributed by atoms with Crippen LogP contribution in [-0.4, -0.2) is 41.5 Å². The maximum absolute atomic E-state index is 14.3. The maximum Gasteiger partial charge on any atom is 0.273 e. The van der Waals surface area contributed by atoms with Crippen molar-refractivity contribution in [3.05, 3.63) is 58.6 Å². The molecule has 11 nitrogen and oxygen atoms in total. The van der Waals surface area contributed by atoms with Crippen molar-refractivity contribution in [2.24, 2.45) is 5.73 Å². The molecule has 12 heteroatoms. The number of fused-ring (bicyclic) bond motifs is 1. The third-order valence-electron chi connectivity index (χ3n) is 6.97. The van der Waals surface area contributed by atoms with E-state index in [1.54, 1.807) is 42.5 Å². The van der Waals surface area contributed by atoms with Gasteiger partial charge in [0.25, 0.3) is 11.8 Å². The predicted molar refractivity (Wildman–Crippen MR) is 150 cm³/mol. The lowest BCUT2D eigenvalue weighted by Crippen LogP contribution is -2.47. The monoisotopic (exact) mass is 565 g/mol. The molecule has 1 aliphatic heterocycles. The van der Waals surface area contributed by atoms with Crippen molar-refractivity contribution in [2.75, 3.05) is 24.0 Å². The van der Waals surface area contributed by atoms with Crippen molar-refractivity contribution >= 4 is 40.6 Å². The molecule has 5 rings (SSSR count). The van der Waals surface area contributed by atoms with Crippen molar-refractivity contribution in [3.63, 3.8) is 0 Å². The highest BCUT2D eigenvalue weighted by molar-refractivity contribution is 7.09. The van der Waals surface area contributed by atoms with Crippen molar-refractivity contribution in [1.82, 2.24) is 9.69 Å². The first-order chi connectivity index (χ1) is 19.4. The molecular weight excluding hydrogens is 534 g/mol. The lowest BCUT2D eigenvalue weighted by molar-refractivity contribution is -0.123. The van der Waals surface area contributed by atoms with Gasteiger partial charge < -0.3 is 31.0 Å². The first kappa shape index (κ1) is 27.3. The number of ether oxygens (including phenoxy) is 3. The average Bonchev–Trinajstić information content (AvgIpc) is 3.58. The summed E-state index contributed by atoms with van der Waals surface area (Å²) in [6, 6.07) is 10.9. The van der Waals surface area contributed by atoms with Crippen LogP contribution in [0.15, 0.2) is 42.5 Å². The van der Waals surface area contributed by atoms with Gasteiger partial charge in [-0.2, -0.15) is 4.37 Å². The summed E-state index contributed by atoms with van der Waals surface area (Å²) in [4.78, 5) is 41.6. The van der Waals surface area contributed by atoms with Crippen molar-refractivity contribution in [2.45, 2.75) is 51.1 Å². The molecule has 1 atom stereocenters. The number of hydrogen-bond acceptors (Lipinski definition) is 9. The van der Waals surface area contributed by atoms with Crippen LogP contribution in [0.5, 0.6) is 17.2 Å². The molecule has 0 bridgehead atoms. The van der Waals surface area contributed by atoms with Gasteiger partial charge in [-0.1, -0.05) is 31.4 Å². The van der Waals surface area contributed by atoms with E-state index in [1.807, 2.05) is 6.92 Å². The highest BCUT2D eigenvalue weighted by atomic mass is 32.1. The lowest BCUT2D eigenvalue weighted by Gasteiger charge is -2.33. The Morgan fingerprint density at radius 2 is 1.82 bits per heavy atom. The number of nitrogen functional groups attached to an aromatic ring is 1. The second kappa shape index (κ2) is 11.8. The number of hydrogen-bond donors (Lipinski definition) is 3. The Morgan fingerprint density at radius 3 is 2.50 bits per heavy atom. The maximum atomic E-state index is 14.3. The first-order valence-electron chi connectivity index (χ1n) is 13.2. The molecule has 40 heavy (non-hydrogen) atoms. The van der Waals surface area contributed by atoms with Gasteiger partial charge in [-0.3, -0.25) is 19.3 Å². The number of carbonyl (C=O) groups excluding carboxylic acids is 3. The first-order valence-corrected chi connectivity index (χ1v) is 14.0. The molecule has 2 aliphatic rings. The van der Waals surface area contributed by atoms with Gasteiger partial charge in [0.15, 0.2) is 17.2 Å². The van der Waals surface area contributed by atoms with Crippen LogP contribution < -0.4 is 35.9 Å². The number of anilines is 2. The zero-order chi connectivity index (χ0) is 28.2. The molecule has 1 aromatic heterocycles. The van der Waals surface area contributed by atoms with Gasteiger partial charge in [-0.15, -0.1) is 0 Å². The van der Waals surface area contributed by atoms with Crippen LogP contribution in [0.2, 0.25) is 0 Å². The summed E-state index contributed by atoms with van der Waals surface area (Å²) in [5.41, 5.74) is 12.2. The largest absolute Gasteiger partial charge is 0.494 e. The zero-order valence-electron chi connectivity index (χ0n) is 22.1. The standard InChI is InChI=1S/C28H31N5O6S/c1-2-37-19-11-8-16(9-12-19)24(27(35)31-17-6-4-3-5-7-17)33(18-10-13-20-21(14-18)39-15-38-20)28(36)25-22(29)23(26(30)34)32-40-25/h8-14,17,24H,2-7,15,29H2,1H3,(H2,30,34)(H,31,35)/t24-/m0/s1. The Bertz CT molecular complexity index is 1400. The Balaban J connectivity index is 1.62. The lowest BCUT2D eigenvalue weighted by atomic mass is 9.94. The van der Waals surface area contributed by atoms with E-state index in [0.717, 1.165) is 43.6 Å². The van der Waals surface area contributed by atoms with Gasteiger partial charge in [-0.25, -0.2) is 0 Å². The summed E-state index contributed by atoms with van der Waals surface area (Å²) >= 11 is 0.755. The van der Waals surface area contributed by atoms with E-state index >= 15 is 0 Å². The fourth-order valence-electron chi connectivity index (χ4n) is 5.01. The Kier molecular flexibility index (Phi) is 8.06. The summed E-state index contributed by atoms with van der Waals surface area (Å²) in [7, 11) is 0. The van der Waals surface area contributed by atoms with Gasteiger partial charge in [-0.05, 0) is 61.1 Å². The van der Waals surface area contributed by atoms with E-state index in [9.17, 15) is 14.4 Å². The molecule has 1 saturated carbocycles. The van der Waals surface area contributed by atoms with Crippen LogP contribution in [-0.2, 0) is 4.79 Å². The van der Waals surface area contributed by atoms with E-state index in [0.29, 0.717) is 35.1 Å². The minimum atomic E-state index is -1.09. The second-order valence-electron chi connectivity index (χ2n) is 9.60. The van der Waals surface area contributed by atoms with E-state index < -0.39 is 17.9 Å². The van der Waals surface area contributed by atoms with Crippen LogP contribution in [0.4, 0.5) is 11.4 Å². The second-order valence-corrected chi connectivity index (χ2v) is 10.4. The summed E-state index contributed by atoms with van der Waals surface area (Å²) in [5, 5.41) is 3.17. The third kappa shape index (κ3) is 5.53. The fourth-order valence-corrected chi connectivity index (χ4v) is 5.76. The number of rotatable bonds is 9. The highest BCUT2D eigenvalue weighted by Crippen LogP contribution is 2.40. The molecule has 2 aromatic carbocycles. The van der Waals surface area contributed by atoms with Crippen LogP contribution in [0.25, 0.3) is 0 Å². The molecule has 0 saturated heterocycles. The number of carbonyl (C=O) groups is 3. The smallest absolute Gasteiger partial charge is 0.273 e. The molecule has 1 fully saturated rings. The van der Waals surface area contributed by atoms with Gasteiger partial charge in [0.2, 0.25) is 12.7 Å². The molecule has 0 unspecified atom stereocenters. The SMILES string of the molecule is CCOc1ccc([C@@H](C(=O)NC2CCCCC2)N(C(=O)c2snc(C(N)=O)c2N)c2ccc3c(c2)OCO3)cc1. The number of aromatic nitrogens is 1. The number of nitrogens with two attached hydrogens (primary N) is 2. The summed E-state index contributed by atoms with van der Waals surface area (Å²) in [6.45, 7) is 2.41. The van der Waals surface area contributed by atoms with Crippen LogP contribution in [0.1, 0.15) is 70.8 Å². The highest BCUT2D eigenvalue weighted by Gasteiger charge is 2.37. The minimum Gasteiger partial charge on any atom is -0.494 e. The molecule has 3 aromatic rings. The quantitative estimate of drug-likeness (QED) is 0.353. The molecule has 5 N–H and O–H groups in total. The number of primary amides is 1. The van der Waals surface area contributed by atoms with Crippen molar-refractivity contribution < 1.29 is 28.6 Å². The Hall–Kier alpha value is -4.32. The van der Waals surface area contributed by atoms with E-state index in [-0.39, 0.29) is 35.0 Å². The Labute approximate surface area is 235 Å². The molecule has 0 spiro atoms. The van der Waals surface area contributed by atoms with E-state index in [2.05, 4.69) is 9.69 Å². The molecule has 2 heterocycles. The van der Waals surface area contributed by atoms with Crippen molar-refractivity contribution in [3.8, 4) is 17.2 Å². The molecule has 3 amide bonds. The topological polar surface area (TPSA) is 159 Å². The van der Waals surface area contributed by atoms with Gasteiger partial charge in [0.05, 0.1) is 12.3 Å². The minimum absolute atomic E-state index is 0.00454. The number of nitrogens with zero attached hydrogens (tertiary/aromatic N) is 2. The fraction of sp³-hybridized carbons (Fsp3) is 0.357. The number of amides is 3. The molecule has 1 aliphatic carbocycles. The summed E-state index contributed by atoms with van der Waals surface area (Å²) < 4.78 is 20.6. The Morgan fingerprint density at radius 1 is 1.10 bits per heavy atom. The normalized spacial score (nSPS) is 15.3. The number of benzene rings is 2. The van der Waals surface area contributed by atoms with Gasteiger partial charge in [0.1, 0.15) is 16.7 Å². The number of nitrogens with one attached hydrogen (secondary N) is 1. The molecule has 0 radical (unpaired) electrons. The molecule has 210 valence electrons. The molecular formula is C28H31N5O6S. The zero-order valence-corrected chi connectivity index (χ0v) is 22.9. The van der Waals surface area contributed by atoms with Crippen molar-refractivity contribution in [1.29, 1.82) is 0 Å². The predicted octanol–water partition coefficient (Wildman–Crippen LogP) is 3.79. The summed E-state index contributed by atoms with van der Waals surface area (Å²) in [6.07, 6.45) is 4.91. The average molecular weight is 566 g/mol. The van der Waals surface area contributed by atoms with Crippen LogP contribution >= 0.6 is 11.5 Å². The van der Waals surface area contributed by atoms with Crippen LogP contribution in [0, 0.1) is 0 Å². The summed E-state index contributed by atoms with van der Waals surface area (Å²) in [5.74, 6) is -0.214. The van der Waals surface area contributed by atoms with Gasteiger partial charge >= 0.3 is 0 Å². The van der Waals surface area contributed by atoms with Crippen LogP contribution in [0.3, 0.4) is 0 Å². The van der Waals surface area contributed by atoms with E-state index in [1.165, 1.54) is 4.90 Å². The van der Waals surface area contributed by atoms with E-state index in [4.69, 9.17) is 25.7 Å².